The number of hydrogen-bond donors (Lipinski definition) is 16. The lowest BCUT2D eigenvalue weighted by Crippen LogP contribution is -2.65. The lowest BCUT2D eigenvalue weighted by atomic mass is 9.97. The van der Waals surface area contributed by atoms with Gasteiger partial charge in [0.1, 0.15) is 118 Å². The number of thiol groups is 1. The van der Waals surface area contributed by atoms with Crippen molar-refractivity contribution in [1.82, 2.24) is 16.0 Å². The van der Waals surface area contributed by atoms with E-state index in [9.17, 15) is 94.5 Å². The third-order valence-electron chi connectivity index (χ3n) is 17.1. The molecule has 15 unspecified atom stereocenters. The van der Waals surface area contributed by atoms with Gasteiger partial charge in [0, 0.05) is 69.6 Å². The zero-order valence-corrected chi connectivity index (χ0v) is 60.7. The fourth-order valence-corrected chi connectivity index (χ4v) is 13.0. The van der Waals surface area contributed by atoms with Crippen LogP contribution in [0.25, 0.3) is 0 Å². The Morgan fingerprint density at radius 1 is 0.547 bits per heavy atom. The lowest BCUT2D eigenvalue weighted by molar-refractivity contribution is -0.461. The number of thioether (sulfide) groups is 1. The predicted molar refractivity (Wildman–Crippen MR) is 350 cm³/mol. The van der Waals surface area contributed by atoms with Gasteiger partial charge in [0.05, 0.1) is 63.2 Å². The van der Waals surface area contributed by atoms with Crippen LogP contribution in [0.3, 0.4) is 0 Å². The Morgan fingerprint density at radius 3 is 1.41 bits per heavy atom. The van der Waals surface area contributed by atoms with Crippen LogP contribution in [0.5, 0.6) is 0 Å². The van der Waals surface area contributed by atoms with Gasteiger partial charge in [-0.25, -0.2) is 48.5 Å². The van der Waals surface area contributed by atoms with E-state index in [0.29, 0.717) is 23.7 Å². The lowest BCUT2D eigenvalue weighted by Gasteiger charge is -2.46. The number of amides is 3. The summed E-state index contributed by atoms with van der Waals surface area (Å²) in [6, 6.07) is -3.98. The van der Waals surface area contributed by atoms with Crippen molar-refractivity contribution in [2.24, 2.45) is 11.7 Å². The number of aliphatic hydroxyl groups excluding tert-OH is 10. The minimum Gasteiger partial charge on any atom is -0.479 e. The van der Waals surface area contributed by atoms with Gasteiger partial charge in [-0.15, -0.1) is 0 Å². The predicted octanol–water partition coefficient (Wildman–Crippen LogP) is -7.44. The summed E-state index contributed by atoms with van der Waals surface area (Å²) in [5, 5.41) is 128. The number of rotatable bonds is 39. The Hall–Kier alpha value is -4.84. The second-order valence-corrected chi connectivity index (χ2v) is 27.5. The standard InChI is InChI=1S/C62H100N4O38S2/c1-24(2)54(82)87-18-31(73)21-90-57(85)52-50(97-60-35(66-29(7)72)13-39(43(17-69)95-60)101-103-61-46(78)44(76)49(51(98-61)53(80)81)96-59-34(65-28(6)71)11-37(100-86-8)41(15-67)94-59)45(77)47(79)62(99-52)104-102-38-12-33(64-27(5)70)58(93-42(38)16-68)92-40-14-36(75)26(4)91-48(40)56(84)89-20-32(74)19-88-55(83)25(3)22-106-23-30(63)9-10-105/h25-26,30-52,58-62,67-69,73-79,105H,1,9-23,63H2,2-8H3,(H,64,70)(H,65,71)(H,66,72)(H,80,81)/t25-,26?,30?,31+,32?,33+,34+,35+,36?,37+,38+,39+,40-,41+,42?,43?,44?,45?,46?,47?,48?,49-,50-,51?,52?,58-,59+,60+,61?,62?/m1/s1. The zero-order valence-electron chi connectivity index (χ0n) is 59.0. The summed E-state index contributed by atoms with van der Waals surface area (Å²) in [6.45, 7) is 5.67. The van der Waals surface area contributed by atoms with Crippen molar-refractivity contribution >= 4 is 72.0 Å². The van der Waals surface area contributed by atoms with Gasteiger partial charge in [0.15, 0.2) is 37.2 Å². The highest BCUT2D eigenvalue weighted by Gasteiger charge is 2.57. The average molecular weight is 1570 g/mol. The van der Waals surface area contributed by atoms with Crippen LogP contribution in [-0.4, -0.2) is 352 Å². The Bertz CT molecular complexity index is 2830. The molecule has 30 atom stereocenters. The number of carbonyl (C=O) groups excluding carboxylic acids is 7. The van der Waals surface area contributed by atoms with Crippen molar-refractivity contribution in [2.75, 3.05) is 70.6 Å². The van der Waals surface area contributed by atoms with E-state index >= 15 is 0 Å². The third kappa shape index (κ3) is 26.1. The van der Waals surface area contributed by atoms with E-state index in [1.807, 2.05) is 0 Å². The Morgan fingerprint density at radius 2 is 0.972 bits per heavy atom. The first-order chi connectivity index (χ1) is 50.2. The van der Waals surface area contributed by atoms with Gasteiger partial charge < -0.3 is 139 Å². The van der Waals surface area contributed by atoms with E-state index in [2.05, 4.69) is 35.2 Å². The number of esters is 4. The van der Waals surface area contributed by atoms with Crippen molar-refractivity contribution in [2.45, 2.75) is 251 Å². The van der Waals surface area contributed by atoms with Crippen molar-refractivity contribution < 1.29 is 185 Å². The molecule has 6 aliphatic rings. The van der Waals surface area contributed by atoms with E-state index in [-0.39, 0.29) is 24.5 Å². The first-order valence-corrected chi connectivity index (χ1v) is 35.6. The zero-order chi connectivity index (χ0) is 78.4. The first-order valence-electron chi connectivity index (χ1n) is 33.9. The summed E-state index contributed by atoms with van der Waals surface area (Å²) in [7, 11) is 1.18. The van der Waals surface area contributed by atoms with Gasteiger partial charge >= 0.3 is 29.8 Å². The maximum absolute atomic E-state index is 14.2. The summed E-state index contributed by atoms with van der Waals surface area (Å²) in [4.78, 5) is 135. The van der Waals surface area contributed by atoms with Gasteiger partial charge in [0.2, 0.25) is 30.3 Å². The number of aliphatic hydroxyl groups is 10. The quantitative estimate of drug-likeness (QED) is 0.00679. The Balaban J connectivity index is 1.14. The molecule has 0 aromatic heterocycles. The molecule has 608 valence electrons. The molecule has 6 heterocycles. The molecule has 0 bridgehead atoms. The normalized spacial score (nSPS) is 36.0. The fraction of sp³-hybridized carbons (Fsp3) is 0.839. The summed E-state index contributed by atoms with van der Waals surface area (Å²) in [5.74, 6) is -6.94. The van der Waals surface area contributed by atoms with Crippen LogP contribution in [0.2, 0.25) is 0 Å². The molecule has 6 fully saturated rings. The number of aliphatic carboxylic acids is 1. The molecule has 106 heavy (non-hydrogen) atoms. The van der Waals surface area contributed by atoms with Crippen LogP contribution < -0.4 is 21.7 Å². The molecular weight excluding hydrogens is 1470 g/mol. The molecule has 16 N–H and O–H groups in total. The number of nitrogens with two attached hydrogens (primary N) is 1. The maximum atomic E-state index is 14.2. The summed E-state index contributed by atoms with van der Waals surface area (Å²) < 4.78 is 74.0. The molecule has 0 aromatic carbocycles. The molecule has 3 amide bonds. The molecule has 0 radical (unpaired) electrons. The molecule has 6 rings (SSSR count). The molecular formula is C62H100N4O38S2. The number of carbonyl (C=O) groups is 8. The van der Waals surface area contributed by atoms with Gasteiger partial charge in [0.25, 0.3) is 0 Å². The smallest absolute Gasteiger partial charge is 0.338 e. The van der Waals surface area contributed by atoms with E-state index < -0.39 is 284 Å². The number of ether oxygens (including phenoxy) is 13. The number of nitrogens with one attached hydrogen (secondary N) is 3. The monoisotopic (exact) mass is 1570 g/mol. The highest BCUT2D eigenvalue weighted by Crippen LogP contribution is 2.36. The van der Waals surface area contributed by atoms with Crippen LogP contribution in [0.1, 0.15) is 73.6 Å². The molecule has 0 aliphatic carbocycles. The maximum Gasteiger partial charge on any atom is 0.338 e. The van der Waals surface area contributed by atoms with Crippen LogP contribution in [0.15, 0.2) is 12.2 Å². The summed E-state index contributed by atoms with van der Waals surface area (Å²) >= 11 is 5.62. The molecule has 6 aliphatic heterocycles. The fourth-order valence-electron chi connectivity index (χ4n) is 11.6. The SMILES string of the molecule is C=C(C)C(=O)OC[C@H](O)COC(=O)C1OC(OO[C@H]2C[C@H](NC(C)=O)[C@H](O[C@@H]3CC(O)C(C)OC3C(=O)OCC(O)COC(=O)[C@H](C)CSCC(N)CCS)OC2CO)C(O)C(O)[C@H]1O[C@@H]1OC(CO)[C@@H](OOC2OC(C(=O)O)[C@H](O[C@@H]3O[C@@H](CO)[C@@H](OOC)C[C@@H]3NC(C)=O)C(O)C2O)C[C@@H]1NC(C)=O. The first kappa shape index (κ1) is 90.0. The third-order valence-corrected chi connectivity index (χ3v) is 18.8. The number of carboxylic acid groups (broad SMARTS) is 1. The minimum absolute atomic E-state index is 0.0457. The van der Waals surface area contributed by atoms with Crippen molar-refractivity contribution in [1.29, 1.82) is 0 Å². The van der Waals surface area contributed by atoms with E-state index in [4.69, 9.17) is 96.6 Å². The van der Waals surface area contributed by atoms with Crippen LogP contribution in [0, 0.1) is 5.92 Å². The van der Waals surface area contributed by atoms with Gasteiger partial charge in [-0.05, 0) is 26.0 Å². The van der Waals surface area contributed by atoms with Crippen LogP contribution in [0.4, 0.5) is 0 Å². The largest absolute Gasteiger partial charge is 0.479 e. The molecule has 0 aromatic rings. The van der Waals surface area contributed by atoms with Crippen LogP contribution >= 0.6 is 24.4 Å². The minimum atomic E-state index is -2.35. The number of hydrogen-bond acceptors (Lipinski definition) is 40. The Kier molecular flexibility index (Phi) is 37.1. The molecule has 42 nitrogen and oxygen atoms in total. The van der Waals surface area contributed by atoms with E-state index in [1.54, 1.807) is 6.92 Å². The highest BCUT2D eigenvalue weighted by atomic mass is 32.2. The second-order valence-electron chi connectivity index (χ2n) is 25.9. The van der Waals surface area contributed by atoms with E-state index in [0.717, 1.165) is 20.8 Å². The topological polar surface area (TPSA) is 597 Å². The van der Waals surface area contributed by atoms with Crippen molar-refractivity contribution in [3.8, 4) is 0 Å². The van der Waals surface area contributed by atoms with Gasteiger partial charge in [-0.2, -0.15) is 24.4 Å². The van der Waals surface area contributed by atoms with Crippen LogP contribution in [-0.2, 0) is 129 Å². The van der Waals surface area contributed by atoms with Crippen molar-refractivity contribution in [3.63, 3.8) is 0 Å². The molecule has 0 saturated carbocycles. The summed E-state index contributed by atoms with van der Waals surface area (Å²) in [6.07, 6.45) is -44.7. The van der Waals surface area contributed by atoms with Gasteiger partial charge in [-0.1, -0.05) is 13.5 Å². The molecule has 44 heteroatoms. The van der Waals surface area contributed by atoms with E-state index in [1.165, 1.54) is 32.7 Å². The second kappa shape index (κ2) is 43.7. The van der Waals surface area contributed by atoms with Gasteiger partial charge in [-0.3, -0.25) is 19.2 Å². The number of carboxylic acids is 1. The van der Waals surface area contributed by atoms with Crippen molar-refractivity contribution in [3.05, 3.63) is 12.2 Å². The summed E-state index contributed by atoms with van der Waals surface area (Å²) in [5.41, 5.74) is 5.97. The molecule has 6 saturated heterocycles. The average Bonchev–Trinajstić information content (AvgIpc) is 0.789. The highest BCUT2D eigenvalue weighted by molar-refractivity contribution is 7.99. The Labute approximate surface area is 617 Å². The molecule has 0 spiro atoms.